The van der Waals surface area contributed by atoms with Gasteiger partial charge in [0, 0.05) is 16.5 Å². The number of methoxy groups -OCH3 is 1. The third kappa shape index (κ3) is 2.89. The first kappa shape index (κ1) is 14.7. The maximum Gasteiger partial charge on any atom is 0.137 e. The van der Waals surface area contributed by atoms with Crippen LogP contribution < -0.4 is 9.47 Å². The fourth-order valence-electron chi connectivity index (χ4n) is 2.51. The number of ether oxygens (including phenoxy) is 2. The van der Waals surface area contributed by atoms with Crippen molar-refractivity contribution < 1.29 is 14.6 Å². The summed E-state index contributed by atoms with van der Waals surface area (Å²) in [6.45, 7) is 0. The van der Waals surface area contributed by atoms with Gasteiger partial charge in [0.1, 0.15) is 17.6 Å². The molecule has 0 aromatic heterocycles. The highest BCUT2D eigenvalue weighted by atomic mass is 79.9. The topological polar surface area (TPSA) is 38.7 Å². The van der Waals surface area contributed by atoms with E-state index >= 15 is 0 Å². The highest BCUT2D eigenvalue weighted by Gasteiger charge is 2.28. The number of aliphatic hydroxyl groups excluding tert-OH is 1. The maximum atomic E-state index is 10.3. The molecule has 0 radical (unpaired) electrons. The molecule has 0 saturated carbocycles. The molecule has 0 amide bonds. The minimum absolute atomic E-state index is 0.225. The van der Waals surface area contributed by atoms with Gasteiger partial charge >= 0.3 is 0 Å². The third-order valence-electron chi connectivity index (χ3n) is 3.59. The normalized spacial score (nSPS) is 20.6. The Morgan fingerprint density at radius 2 is 2.10 bits per heavy atom. The second kappa shape index (κ2) is 5.87. The number of aliphatic hydroxyl groups is 1. The predicted molar refractivity (Wildman–Crippen MR) is 85.1 cm³/mol. The molecule has 1 N–H and O–H groups in total. The first-order valence-corrected chi connectivity index (χ1v) is 7.73. The Balaban J connectivity index is 1.92. The van der Waals surface area contributed by atoms with Crippen molar-refractivity contribution in [1.82, 2.24) is 0 Å². The minimum atomic E-state index is -0.558. The van der Waals surface area contributed by atoms with E-state index < -0.39 is 6.10 Å². The Bertz CT molecular complexity index is 675. The molecule has 1 aliphatic rings. The summed E-state index contributed by atoms with van der Waals surface area (Å²) in [6, 6.07) is 11.2. The van der Waals surface area contributed by atoms with Crippen LogP contribution in [0.4, 0.5) is 0 Å². The van der Waals surface area contributed by atoms with Crippen LogP contribution in [0.3, 0.4) is 0 Å². The van der Waals surface area contributed by atoms with Crippen molar-refractivity contribution in [3.05, 3.63) is 57.0 Å². The number of hydrogen-bond acceptors (Lipinski definition) is 3. The Kier molecular flexibility index (Phi) is 4.11. The van der Waals surface area contributed by atoms with Crippen LogP contribution in [0.5, 0.6) is 11.5 Å². The van der Waals surface area contributed by atoms with E-state index in [1.165, 1.54) is 0 Å². The maximum absolute atomic E-state index is 10.3. The number of benzene rings is 2. The average Bonchev–Trinajstić information content (AvgIpc) is 2.47. The second-order valence-electron chi connectivity index (χ2n) is 4.93. The smallest absolute Gasteiger partial charge is 0.137 e. The predicted octanol–water partition coefficient (Wildman–Crippen LogP) is 4.67. The van der Waals surface area contributed by atoms with Crippen LogP contribution in [0.25, 0.3) is 0 Å². The van der Waals surface area contributed by atoms with Gasteiger partial charge in [0.05, 0.1) is 18.2 Å². The summed E-state index contributed by atoms with van der Waals surface area (Å²) in [5.74, 6) is 1.33. The zero-order valence-corrected chi connectivity index (χ0v) is 13.7. The Labute approximate surface area is 136 Å². The molecular formula is C16H14BrClO3. The van der Waals surface area contributed by atoms with Crippen molar-refractivity contribution in [3.63, 3.8) is 0 Å². The summed E-state index contributed by atoms with van der Waals surface area (Å²) in [5, 5.41) is 10.9. The molecule has 5 heteroatoms. The Morgan fingerprint density at radius 3 is 2.81 bits per heavy atom. The van der Waals surface area contributed by atoms with Crippen molar-refractivity contribution in [2.45, 2.75) is 18.6 Å². The fourth-order valence-corrected chi connectivity index (χ4v) is 3.15. The molecule has 2 atom stereocenters. The molecule has 3 rings (SSSR count). The summed E-state index contributed by atoms with van der Waals surface area (Å²) in [4.78, 5) is 0. The number of hydrogen-bond donors (Lipinski definition) is 1. The molecule has 1 unspecified atom stereocenters. The molecule has 0 spiro atoms. The van der Waals surface area contributed by atoms with Gasteiger partial charge in [-0.1, -0.05) is 33.6 Å². The van der Waals surface area contributed by atoms with Gasteiger partial charge in [0.2, 0.25) is 0 Å². The van der Waals surface area contributed by atoms with E-state index in [0.29, 0.717) is 22.9 Å². The van der Waals surface area contributed by atoms with Crippen LogP contribution in [0, 0.1) is 0 Å². The van der Waals surface area contributed by atoms with Gasteiger partial charge in [-0.25, -0.2) is 0 Å². The van der Waals surface area contributed by atoms with Crippen LogP contribution >= 0.6 is 27.5 Å². The van der Waals surface area contributed by atoms with E-state index in [4.69, 9.17) is 21.1 Å². The number of halogens is 2. The number of fused-ring (bicyclic) bond motifs is 1. The van der Waals surface area contributed by atoms with E-state index in [9.17, 15) is 5.11 Å². The lowest BCUT2D eigenvalue weighted by Crippen LogP contribution is -2.19. The van der Waals surface area contributed by atoms with Gasteiger partial charge in [-0.15, -0.1) is 0 Å². The van der Waals surface area contributed by atoms with Gasteiger partial charge in [-0.2, -0.15) is 0 Å². The third-order valence-corrected chi connectivity index (χ3v) is 4.37. The summed E-state index contributed by atoms with van der Waals surface area (Å²) in [6.07, 6.45) is -0.291. The van der Waals surface area contributed by atoms with E-state index in [1.807, 2.05) is 36.4 Å². The van der Waals surface area contributed by atoms with E-state index in [2.05, 4.69) is 15.9 Å². The van der Waals surface area contributed by atoms with Gasteiger partial charge in [0.15, 0.2) is 0 Å². The molecule has 1 heterocycles. The zero-order valence-electron chi connectivity index (χ0n) is 11.3. The molecule has 2 aromatic carbocycles. The van der Waals surface area contributed by atoms with Crippen molar-refractivity contribution >= 4 is 27.5 Å². The molecule has 0 bridgehead atoms. The summed E-state index contributed by atoms with van der Waals surface area (Å²) in [5.41, 5.74) is 1.73. The fraction of sp³-hybridized carbons (Fsp3) is 0.250. The van der Waals surface area contributed by atoms with Gasteiger partial charge in [0.25, 0.3) is 0 Å². The lowest BCUT2D eigenvalue weighted by atomic mass is 9.95. The van der Waals surface area contributed by atoms with E-state index in [1.54, 1.807) is 7.11 Å². The minimum Gasteiger partial charge on any atom is -0.495 e. The summed E-state index contributed by atoms with van der Waals surface area (Å²) >= 11 is 9.56. The van der Waals surface area contributed by atoms with Gasteiger partial charge < -0.3 is 14.6 Å². The molecule has 3 nitrogen and oxygen atoms in total. The Morgan fingerprint density at radius 1 is 1.29 bits per heavy atom. The van der Waals surface area contributed by atoms with Crippen molar-refractivity contribution in [2.24, 2.45) is 0 Å². The standard InChI is InChI=1S/C16H14BrClO3/c1-20-15-4-2-9(6-12(15)18)16-8-13(19)11-7-10(17)3-5-14(11)21-16/h2-7,13,16,19H,8H2,1H3/t13-,16?/m1/s1. The van der Waals surface area contributed by atoms with Crippen LogP contribution in [0.2, 0.25) is 5.02 Å². The second-order valence-corrected chi connectivity index (χ2v) is 6.26. The van der Waals surface area contributed by atoms with Crippen molar-refractivity contribution in [3.8, 4) is 11.5 Å². The SMILES string of the molecule is COc1ccc(C2C[C@@H](O)c3cc(Br)ccc3O2)cc1Cl. The van der Waals surface area contributed by atoms with Crippen LogP contribution in [-0.2, 0) is 0 Å². The van der Waals surface area contributed by atoms with Crippen molar-refractivity contribution in [1.29, 1.82) is 0 Å². The average molecular weight is 370 g/mol. The molecular weight excluding hydrogens is 356 g/mol. The summed E-state index contributed by atoms with van der Waals surface area (Å²) < 4.78 is 12.1. The molecule has 21 heavy (non-hydrogen) atoms. The van der Waals surface area contributed by atoms with Crippen molar-refractivity contribution in [2.75, 3.05) is 7.11 Å². The monoisotopic (exact) mass is 368 g/mol. The Hall–Kier alpha value is -1.23. The van der Waals surface area contributed by atoms with Crippen LogP contribution in [0.1, 0.15) is 29.8 Å². The molecule has 1 aliphatic heterocycles. The first-order chi connectivity index (χ1) is 10.1. The van der Waals surface area contributed by atoms with E-state index in [-0.39, 0.29) is 6.10 Å². The highest BCUT2D eigenvalue weighted by Crippen LogP contribution is 2.42. The van der Waals surface area contributed by atoms with Gasteiger partial charge in [-0.05, 0) is 35.9 Å². The quantitative estimate of drug-likeness (QED) is 0.836. The van der Waals surface area contributed by atoms with E-state index in [0.717, 1.165) is 15.6 Å². The molecule has 0 fully saturated rings. The zero-order chi connectivity index (χ0) is 15.0. The highest BCUT2D eigenvalue weighted by molar-refractivity contribution is 9.10. The largest absolute Gasteiger partial charge is 0.495 e. The lowest BCUT2D eigenvalue weighted by molar-refractivity contribution is 0.0656. The first-order valence-electron chi connectivity index (χ1n) is 6.56. The van der Waals surface area contributed by atoms with Crippen LogP contribution in [-0.4, -0.2) is 12.2 Å². The molecule has 0 aliphatic carbocycles. The van der Waals surface area contributed by atoms with Crippen LogP contribution in [0.15, 0.2) is 40.9 Å². The number of rotatable bonds is 2. The summed E-state index contributed by atoms with van der Waals surface area (Å²) in [7, 11) is 1.58. The van der Waals surface area contributed by atoms with Gasteiger partial charge in [-0.3, -0.25) is 0 Å². The molecule has 0 saturated heterocycles. The molecule has 110 valence electrons. The lowest BCUT2D eigenvalue weighted by Gasteiger charge is -2.30. The molecule has 2 aromatic rings.